The molecule has 3 atom stereocenters. The lowest BCUT2D eigenvalue weighted by molar-refractivity contribution is 0.111. The second-order valence-electron chi connectivity index (χ2n) is 8.24. The molecule has 1 aliphatic heterocycles. The highest BCUT2D eigenvalue weighted by molar-refractivity contribution is 7.85. The molecule has 9 nitrogen and oxygen atoms in total. The van der Waals surface area contributed by atoms with E-state index < -0.39 is 10.1 Å². The highest BCUT2D eigenvalue weighted by atomic mass is 32.2. The number of ether oxygens (including phenoxy) is 2. The van der Waals surface area contributed by atoms with Crippen LogP contribution in [-0.2, 0) is 17.2 Å². The molecule has 0 spiro atoms. The van der Waals surface area contributed by atoms with Crippen LogP contribution in [0.2, 0.25) is 0 Å². The number of aliphatic imine (C=N–C) groups is 1. The maximum atomic E-state index is 11.8. The molecule has 2 heterocycles. The molecule has 4 rings (SSSR count). The zero-order chi connectivity index (χ0) is 24.3. The lowest BCUT2D eigenvalue weighted by Gasteiger charge is -2.37. The predicted octanol–water partition coefficient (Wildman–Crippen LogP) is 2.14. The topological polar surface area (TPSA) is 127 Å². The summed E-state index contributed by atoms with van der Waals surface area (Å²) in [4.78, 5) is 16.9. The van der Waals surface area contributed by atoms with Crippen molar-refractivity contribution in [2.24, 2.45) is 12.0 Å². The van der Waals surface area contributed by atoms with Crippen LogP contribution in [0, 0.1) is 0 Å². The molecule has 1 aromatic heterocycles. The number of nitrogens with zero attached hydrogens (tertiary/aromatic N) is 2. The van der Waals surface area contributed by atoms with Crippen molar-refractivity contribution in [3.8, 4) is 11.5 Å². The highest BCUT2D eigenvalue weighted by Crippen LogP contribution is 2.44. The molecule has 2 aromatic rings. The van der Waals surface area contributed by atoms with Crippen molar-refractivity contribution >= 4 is 15.8 Å². The minimum atomic E-state index is -3.67. The zero-order valence-corrected chi connectivity index (χ0v) is 20.0. The van der Waals surface area contributed by atoms with Gasteiger partial charge in [0.05, 0.1) is 37.8 Å². The summed E-state index contributed by atoms with van der Waals surface area (Å²) in [5, 5.41) is 10.3. The Bertz CT molecular complexity index is 1200. The van der Waals surface area contributed by atoms with Crippen molar-refractivity contribution in [1.82, 2.24) is 4.57 Å². The maximum Gasteiger partial charge on any atom is 0.261 e. The Morgan fingerprint density at radius 3 is 2.52 bits per heavy atom. The molecular formula is C23H30N2O7S. The number of aliphatic hydroxyl groups excluding tert-OH is 1. The molecule has 1 aliphatic carbocycles. The van der Waals surface area contributed by atoms with Gasteiger partial charge in [-0.1, -0.05) is 0 Å². The van der Waals surface area contributed by atoms with Gasteiger partial charge in [0.15, 0.2) is 11.5 Å². The summed E-state index contributed by atoms with van der Waals surface area (Å²) >= 11 is 0. The molecule has 0 bridgehead atoms. The summed E-state index contributed by atoms with van der Waals surface area (Å²) in [6.07, 6.45) is 4.53. The average Bonchev–Trinajstić information content (AvgIpc) is 2.74. The van der Waals surface area contributed by atoms with Crippen molar-refractivity contribution < 1.29 is 27.6 Å². The van der Waals surface area contributed by atoms with Crippen LogP contribution in [-0.4, -0.2) is 60.5 Å². The van der Waals surface area contributed by atoms with Crippen molar-refractivity contribution in [2.75, 3.05) is 20.0 Å². The number of fused-ring (bicyclic) bond motifs is 3. The maximum absolute atomic E-state index is 11.8. The van der Waals surface area contributed by atoms with E-state index in [0.717, 1.165) is 35.2 Å². The molecule has 0 saturated heterocycles. The Labute approximate surface area is 193 Å². The smallest absolute Gasteiger partial charge is 0.261 e. The van der Waals surface area contributed by atoms with Crippen LogP contribution in [0.25, 0.3) is 0 Å². The fourth-order valence-corrected chi connectivity index (χ4v) is 4.34. The standard InChI is InChI=1S/C22H26N2O4.CH4O3S/c1-4-28-20-10-15-16-9-14(25)6-7-18(16)23-22(17(15)11-19(20)27-3)13-5-8-21(26)24(2)12-13;1-5(2,3)4/h5,8,10-12,14,16,18,25H,4,6-7,9H2,1-3H3;1H3,(H,2,3,4)/t14-,16-,18-;/m1./s1. The van der Waals surface area contributed by atoms with Crippen LogP contribution >= 0.6 is 0 Å². The molecule has 0 unspecified atom stereocenters. The van der Waals surface area contributed by atoms with Gasteiger partial charge < -0.3 is 19.1 Å². The van der Waals surface area contributed by atoms with Crippen LogP contribution in [0.5, 0.6) is 11.5 Å². The number of aryl methyl sites for hydroxylation is 1. The number of hydrogen-bond donors (Lipinski definition) is 2. The van der Waals surface area contributed by atoms with Crippen LogP contribution in [0.15, 0.2) is 40.2 Å². The Balaban J connectivity index is 0.000000555. The normalized spacial score (nSPS) is 21.6. The highest BCUT2D eigenvalue weighted by Gasteiger charge is 2.37. The van der Waals surface area contributed by atoms with E-state index in [4.69, 9.17) is 19.0 Å². The number of rotatable bonds is 4. The predicted molar refractivity (Wildman–Crippen MR) is 125 cm³/mol. The Morgan fingerprint density at radius 1 is 1.21 bits per heavy atom. The van der Waals surface area contributed by atoms with Crippen molar-refractivity contribution in [3.05, 3.63) is 57.5 Å². The summed E-state index contributed by atoms with van der Waals surface area (Å²) in [6.45, 7) is 2.50. The van der Waals surface area contributed by atoms with E-state index in [2.05, 4.69) is 0 Å². The molecular weight excluding hydrogens is 448 g/mol. The molecule has 2 N–H and O–H groups in total. The fraction of sp³-hybridized carbons (Fsp3) is 0.478. The van der Waals surface area contributed by atoms with Gasteiger partial charge in [0.2, 0.25) is 5.56 Å². The van der Waals surface area contributed by atoms with E-state index in [1.54, 1.807) is 24.8 Å². The Hall–Kier alpha value is -2.69. The van der Waals surface area contributed by atoms with Gasteiger partial charge in [0.1, 0.15) is 0 Å². The quantitative estimate of drug-likeness (QED) is 0.645. The third kappa shape index (κ3) is 6.01. The van der Waals surface area contributed by atoms with Gasteiger partial charge in [-0.15, -0.1) is 0 Å². The number of aliphatic hydroxyl groups is 1. The van der Waals surface area contributed by atoms with E-state index >= 15 is 0 Å². The first kappa shape index (κ1) is 24.9. The van der Waals surface area contributed by atoms with Crippen LogP contribution in [0.1, 0.15) is 48.8 Å². The third-order valence-electron chi connectivity index (χ3n) is 5.73. The minimum absolute atomic E-state index is 0.0525. The van der Waals surface area contributed by atoms with Gasteiger partial charge in [-0.05, 0) is 49.9 Å². The number of pyridine rings is 1. The number of aromatic nitrogens is 1. The first-order valence-electron chi connectivity index (χ1n) is 10.7. The third-order valence-corrected chi connectivity index (χ3v) is 5.73. The molecule has 33 heavy (non-hydrogen) atoms. The Kier molecular flexibility index (Phi) is 7.61. The second-order valence-corrected chi connectivity index (χ2v) is 9.71. The van der Waals surface area contributed by atoms with E-state index in [1.165, 1.54) is 0 Å². The molecule has 2 aliphatic rings. The van der Waals surface area contributed by atoms with Gasteiger partial charge in [0.25, 0.3) is 10.1 Å². The van der Waals surface area contributed by atoms with E-state index in [9.17, 15) is 18.3 Å². The number of hydrogen-bond acceptors (Lipinski definition) is 7. The van der Waals surface area contributed by atoms with Gasteiger partial charge in [-0.25, -0.2) is 0 Å². The monoisotopic (exact) mass is 478 g/mol. The molecule has 180 valence electrons. The molecule has 1 aromatic carbocycles. The largest absolute Gasteiger partial charge is 0.493 e. The van der Waals surface area contributed by atoms with E-state index in [1.807, 2.05) is 31.3 Å². The summed E-state index contributed by atoms with van der Waals surface area (Å²) < 4.78 is 38.8. The molecule has 0 radical (unpaired) electrons. The van der Waals surface area contributed by atoms with Crippen molar-refractivity contribution in [3.63, 3.8) is 0 Å². The second kappa shape index (κ2) is 10.1. The van der Waals surface area contributed by atoms with Gasteiger partial charge in [-0.3, -0.25) is 14.3 Å². The van der Waals surface area contributed by atoms with Crippen LogP contribution < -0.4 is 15.0 Å². The van der Waals surface area contributed by atoms with Crippen LogP contribution in [0.3, 0.4) is 0 Å². The summed E-state index contributed by atoms with van der Waals surface area (Å²) in [7, 11) is -0.294. The number of benzene rings is 1. The lowest BCUT2D eigenvalue weighted by atomic mass is 9.74. The van der Waals surface area contributed by atoms with Gasteiger partial charge in [0, 0.05) is 36.4 Å². The fourth-order valence-electron chi connectivity index (χ4n) is 4.34. The molecule has 10 heteroatoms. The first-order chi connectivity index (χ1) is 15.5. The van der Waals surface area contributed by atoms with Gasteiger partial charge >= 0.3 is 0 Å². The summed E-state index contributed by atoms with van der Waals surface area (Å²) in [6, 6.07) is 7.53. The summed E-state index contributed by atoms with van der Waals surface area (Å²) in [5.74, 6) is 1.53. The van der Waals surface area contributed by atoms with E-state index in [-0.39, 0.29) is 23.6 Å². The van der Waals surface area contributed by atoms with Crippen molar-refractivity contribution in [1.29, 1.82) is 0 Å². The average molecular weight is 479 g/mol. The van der Waals surface area contributed by atoms with Crippen molar-refractivity contribution in [2.45, 2.75) is 44.2 Å². The van der Waals surface area contributed by atoms with E-state index in [0.29, 0.717) is 30.8 Å². The zero-order valence-electron chi connectivity index (χ0n) is 19.2. The molecule has 1 fully saturated rings. The molecule has 1 saturated carbocycles. The minimum Gasteiger partial charge on any atom is -0.493 e. The van der Waals surface area contributed by atoms with Crippen LogP contribution in [0.4, 0.5) is 0 Å². The first-order valence-corrected chi connectivity index (χ1v) is 12.6. The SMILES string of the molecule is CCOc1cc2c(cc1OC)C(c1ccc(=O)n(C)c1)=N[C@@H]1CC[C@@H](O)C[C@H]21.CS(=O)(=O)O. The van der Waals surface area contributed by atoms with Gasteiger partial charge in [-0.2, -0.15) is 8.42 Å². The lowest BCUT2D eigenvalue weighted by Crippen LogP contribution is -2.34. The molecule has 0 amide bonds. The summed E-state index contributed by atoms with van der Waals surface area (Å²) in [5.41, 5.74) is 3.83. The number of methoxy groups -OCH3 is 1. The Morgan fingerprint density at radius 2 is 1.91 bits per heavy atom.